The molecule has 0 radical (unpaired) electrons. The van der Waals surface area contributed by atoms with E-state index in [1.165, 1.54) is 0 Å². The van der Waals surface area contributed by atoms with Crippen LogP contribution in [0, 0.1) is 0 Å². The first-order valence-corrected chi connectivity index (χ1v) is 9.94. The smallest absolute Gasteiger partial charge is 0.434 e. The van der Waals surface area contributed by atoms with Gasteiger partial charge < -0.3 is 10.5 Å². The second kappa shape index (κ2) is 8.36. The van der Waals surface area contributed by atoms with Gasteiger partial charge in [-0.05, 0) is 74.2 Å². The number of thiophene rings is 1. The lowest BCUT2D eigenvalue weighted by Crippen LogP contribution is -2.48. The van der Waals surface area contributed by atoms with Crippen LogP contribution in [0.1, 0.15) is 31.1 Å². The largest absolute Gasteiger partial charge is 0.442 e. The maximum absolute atomic E-state index is 12.8. The highest BCUT2D eigenvalue weighted by atomic mass is 32.1. The fourth-order valence-corrected chi connectivity index (χ4v) is 3.27. The van der Waals surface area contributed by atoms with Gasteiger partial charge in [0, 0.05) is 16.1 Å². The highest BCUT2D eigenvalue weighted by molar-refractivity contribution is 7.13. The van der Waals surface area contributed by atoms with Gasteiger partial charge in [-0.2, -0.15) is 5.01 Å². The van der Waals surface area contributed by atoms with Gasteiger partial charge in [-0.25, -0.2) is 4.79 Å². The molecule has 2 aromatic carbocycles. The molecule has 0 bridgehead atoms. The van der Waals surface area contributed by atoms with Crippen LogP contribution in [0.5, 0.6) is 0 Å². The van der Waals surface area contributed by atoms with Crippen molar-refractivity contribution < 1.29 is 14.3 Å². The highest BCUT2D eigenvalue weighted by Crippen LogP contribution is 2.27. The highest BCUT2D eigenvalue weighted by Gasteiger charge is 2.25. The Morgan fingerprint density at radius 2 is 1.66 bits per heavy atom. The topological polar surface area (TPSA) is 84.7 Å². The molecule has 29 heavy (non-hydrogen) atoms. The van der Waals surface area contributed by atoms with Gasteiger partial charge in [0.2, 0.25) is 0 Å². The molecule has 0 fully saturated rings. The summed E-state index contributed by atoms with van der Waals surface area (Å²) in [4.78, 5) is 26.5. The van der Waals surface area contributed by atoms with E-state index in [0.717, 1.165) is 15.4 Å². The molecule has 150 valence electrons. The van der Waals surface area contributed by atoms with Crippen molar-refractivity contribution in [2.75, 3.05) is 10.7 Å². The van der Waals surface area contributed by atoms with Crippen molar-refractivity contribution in [1.29, 1.82) is 0 Å². The molecule has 0 aliphatic carbocycles. The van der Waals surface area contributed by atoms with Crippen LogP contribution in [0.15, 0.2) is 66.0 Å². The molecule has 0 saturated heterocycles. The standard InChI is InChI=1S/C22H23N3O3S/c1-22(2,3)28-21(27)25(24-20(26)16-6-10-17(23)11-7-16)18-12-8-15(9-13-18)19-5-4-14-29-19/h4-14H,23H2,1-3H3,(H,24,26). The SMILES string of the molecule is CC(C)(C)OC(=O)N(NC(=O)c1ccc(N)cc1)c1ccc(-c2cccs2)cc1. The minimum Gasteiger partial charge on any atom is -0.442 e. The average molecular weight is 410 g/mol. The summed E-state index contributed by atoms with van der Waals surface area (Å²) in [6, 6.07) is 17.8. The minimum absolute atomic E-state index is 0.378. The van der Waals surface area contributed by atoms with Crippen LogP contribution in [-0.2, 0) is 4.74 Å². The van der Waals surface area contributed by atoms with Gasteiger partial charge in [-0.1, -0.05) is 18.2 Å². The molecule has 0 saturated carbocycles. The lowest BCUT2D eigenvalue weighted by Gasteiger charge is -2.27. The fourth-order valence-electron chi connectivity index (χ4n) is 2.54. The van der Waals surface area contributed by atoms with Crippen LogP contribution in [0.3, 0.4) is 0 Å². The number of hydrogen-bond donors (Lipinski definition) is 2. The Balaban J connectivity index is 1.87. The molecule has 7 heteroatoms. The second-order valence-corrected chi connectivity index (χ2v) is 8.35. The Kier molecular flexibility index (Phi) is 5.89. The zero-order chi connectivity index (χ0) is 21.0. The van der Waals surface area contributed by atoms with Crippen molar-refractivity contribution in [1.82, 2.24) is 5.43 Å². The van der Waals surface area contributed by atoms with Crippen molar-refractivity contribution in [2.24, 2.45) is 0 Å². The van der Waals surface area contributed by atoms with Crippen LogP contribution in [0.2, 0.25) is 0 Å². The average Bonchev–Trinajstić information content (AvgIpc) is 3.20. The summed E-state index contributed by atoms with van der Waals surface area (Å²) in [5.74, 6) is -0.446. The van der Waals surface area contributed by atoms with Crippen LogP contribution in [0.25, 0.3) is 10.4 Å². The fraction of sp³-hybridized carbons (Fsp3) is 0.182. The Morgan fingerprint density at radius 3 is 2.21 bits per heavy atom. The maximum Gasteiger partial charge on any atom is 0.434 e. The van der Waals surface area contributed by atoms with Gasteiger partial charge >= 0.3 is 6.09 Å². The second-order valence-electron chi connectivity index (χ2n) is 7.40. The monoisotopic (exact) mass is 409 g/mol. The number of carbonyl (C=O) groups is 2. The Bertz CT molecular complexity index is 976. The molecule has 0 unspecified atom stereocenters. The lowest BCUT2D eigenvalue weighted by molar-refractivity contribution is 0.0548. The van der Waals surface area contributed by atoms with Crippen molar-refractivity contribution >= 4 is 34.7 Å². The summed E-state index contributed by atoms with van der Waals surface area (Å²) in [6.45, 7) is 5.31. The van der Waals surface area contributed by atoms with Gasteiger partial charge in [0.05, 0.1) is 5.69 Å². The summed E-state index contributed by atoms with van der Waals surface area (Å²) in [6.07, 6.45) is -0.676. The molecule has 3 aromatic rings. The first kappa shape index (κ1) is 20.4. The number of nitrogen functional groups attached to an aromatic ring is 1. The lowest BCUT2D eigenvalue weighted by atomic mass is 10.1. The number of nitrogens with zero attached hydrogens (tertiary/aromatic N) is 1. The third kappa shape index (κ3) is 5.36. The summed E-state index contributed by atoms with van der Waals surface area (Å²) < 4.78 is 5.47. The van der Waals surface area contributed by atoms with Gasteiger partial charge in [-0.15, -0.1) is 11.3 Å². The van der Waals surface area contributed by atoms with Gasteiger partial charge in [0.1, 0.15) is 5.60 Å². The normalized spacial score (nSPS) is 11.0. The molecule has 0 aliphatic rings. The quantitative estimate of drug-likeness (QED) is 0.466. The molecule has 3 rings (SSSR count). The predicted molar refractivity (Wildman–Crippen MR) is 117 cm³/mol. The van der Waals surface area contributed by atoms with Crippen molar-refractivity contribution in [3.8, 4) is 10.4 Å². The summed E-state index contributed by atoms with van der Waals surface area (Å²) in [5, 5.41) is 3.12. The Labute approximate surface area is 173 Å². The molecule has 1 heterocycles. The van der Waals surface area contributed by atoms with Crippen molar-refractivity contribution in [2.45, 2.75) is 26.4 Å². The van der Waals surface area contributed by atoms with Crippen LogP contribution in [-0.4, -0.2) is 17.6 Å². The third-order valence-corrected chi connectivity index (χ3v) is 4.81. The minimum atomic E-state index is -0.710. The van der Waals surface area contributed by atoms with E-state index < -0.39 is 17.6 Å². The number of carbonyl (C=O) groups excluding carboxylic acids is 2. The molecule has 2 amide bonds. The summed E-state index contributed by atoms with van der Waals surface area (Å²) >= 11 is 1.63. The summed E-state index contributed by atoms with van der Waals surface area (Å²) in [7, 11) is 0. The van der Waals surface area contributed by atoms with Gasteiger partial charge in [0.15, 0.2) is 0 Å². The number of benzene rings is 2. The van der Waals surface area contributed by atoms with Crippen molar-refractivity contribution in [3.05, 3.63) is 71.6 Å². The van der Waals surface area contributed by atoms with E-state index >= 15 is 0 Å². The van der Waals surface area contributed by atoms with Crippen LogP contribution >= 0.6 is 11.3 Å². The molecule has 3 N–H and O–H groups in total. The van der Waals surface area contributed by atoms with E-state index in [4.69, 9.17) is 10.5 Å². The molecular formula is C22H23N3O3S. The first-order valence-electron chi connectivity index (χ1n) is 9.06. The number of nitrogens with two attached hydrogens (primary N) is 1. The molecule has 0 spiro atoms. The van der Waals surface area contributed by atoms with E-state index in [2.05, 4.69) is 5.43 Å². The van der Waals surface area contributed by atoms with Gasteiger partial charge in [0.25, 0.3) is 5.91 Å². The Hall–Kier alpha value is -3.32. The van der Waals surface area contributed by atoms with Crippen LogP contribution in [0.4, 0.5) is 16.2 Å². The number of anilines is 2. The molecule has 1 aromatic heterocycles. The number of hydrazine groups is 1. The first-order chi connectivity index (χ1) is 13.7. The zero-order valence-corrected chi connectivity index (χ0v) is 17.3. The molecule has 0 atom stereocenters. The van der Waals surface area contributed by atoms with E-state index in [-0.39, 0.29) is 0 Å². The zero-order valence-electron chi connectivity index (χ0n) is 16.5. The molecular weight excluding hydrogens is 386 g/mol. The number of amides is 2. The maximum atomic E-state index is 12.8. The number of hydrogen-bond acceptors (Lipinski definition) is 5. The van der Waals surface area contributed by atoms with E-state index in [9.17, 15) is 9.59 Å². The molecule has 0 aliphatic heterocycles. The van der Waals surface area contributed by atoms with E-state index in [0.29, 0.717) is 16.9 Å². The summed E-state index contributed by atoms with van der Waals surface area (Å²) in [5.41, 5.74) is 10.0. The van der Waals surface area contributed by atoms with E-state index in [1.807, 2.05) is 29.6 Å². The molecule has 6 nitrogen and oxygen atoms in total. The predicted octanol–water partition coefficient (Wildman–Crippen LogP) is 5.08. The van der Waals surface area contributed by atoms with Crippen molar-refractivity contribution in [3.63, 3.8) is 0 Å². The third-order valence-electron chi connectivity index (χ3n) is 3.89. The number of rotatable bonds is 3. The number of nitrogens with one attached hydrogen (secondary N) is 1. The number of ether oxygens (including phenoxy) is 1. The van der Waals surface area contributed by atoms with Crippen LogP contribution < -0.4 is 16.2 Å². The van der Waals surface area contributed by atoms with E-state index in [1.54, 1.807) is 68.5 Å². The Morgan fingerprint density at radius 1 is 1.00 bits per heavy atom. The van der Waals surface area contributed by atoms with Gasteiger partial charge in [-0.3, -0.25) is 10.2 Å².